The standard InChI is InChI=1S/C22H15ClF3N3O5S/c1-33-17-9-12(4-7-16(17)34-21(32)18-3-2-8-35-18)11-27-29-20(31)19(30)28-15-10-13(22(24,25)26)5-6-14(15)23/h2-11H,1H3,(H,28,30)(H,29,31)/b27-11+. The molecular formula is C22H15ClF3N3O5S. The monoisotopic (exact) mass is 525 g/mol. The summed E-state index contributed by atoms with van der Waals surface area (Å²) >= 11 is 7.01. The topological polar surface area (TPSA) is 106 Å². The predicted octanol–water partition coefficient (Wildman–Crippen LogP) is 4.74. The maximum Gasteiger partial charge on any atom is 0.416 e. The molecule has 0 fully saturated rings. The quantitative estimate of drug-likeness (QED) is 0.159. The van der Waals surface area contributed by atoms with Gasteiger partial charge in [0.25, 0.3) is 0 Å². The second-order valence-corrected chi connectivity index (χ2v) is 7.98. The molecule has 0 spiro atoms. The summed E-state index contributed by atoms with van der Waals surface area (Å²) in [6, 6.07) is 10.1. The van der Waals surface area contributed by atoms with Crippen LogP contribution in [0.15, 0.2) is 59.0 Å². The van der Waals surface area contributed by atoms with Crippen molar-refractivity contribution in [3.05, 3.63) is 74.9 Å². The van der Waals surface area contributed by atoms with E-state index in [-0.39, 0.29) is 22.2 Å². The van der Waals surface area contributed by atoms with E-state index in [1.165, 1.54) is 42.9 Å². The van der Waals surface area contributed by atoms with E-state index in [0.29, 0.717) is 16.5 Å². The van der Waals surface area contributed by atoms with Crippen LogP contribution < -0.4 is 20.2 Å². The highest BCUT2D eigenvalue weighted by atomic mass is 35.5. The maximum atomic E-state index is 12.8. The number of thiophene rings is 1. The van der Waals surface area contributed by atoms with Crippen molar-refractivity contribution in [3.63, 3.8) is 0 Å². The molecule has 13 heteroatoms. The Morgan fingerprint density at radius 1 is 1.06 bits per heavy atom. The number of alkyl halides is 3. The summed E-state index contributed by atoms with van der Waals surface area (Å²) in [6.07, 6.45) is -3.48. The molecule has 0 aliphatic heterocycles. The van der Waals surface area contributed by atoms with Crippen LogP contribution in [0, 0.1) is 0 Å². The Labute approximate surface area is 205 Å². The molecule has 2 N–H and O–H groups in total. The van der Waals surface area contributed by atoms with Crippen LogP contribution in [0.3, 0.4) is 0 Å². The first-order valence-corrected chi connectivity index (χ1v) is 10.8. The smallest absolute Gasteiger partial charge is 0.416 e. The zero-order valence-electron chi connectivity index (χ0n) is 17.7. The Balaban J connectivity index is 1.62. The molecule has 0 saturated heterocycles. The lowest BCUT2D eigenvalue weighted by atomic mass is 10.2. The molecule has 2 aromatic carbocycles. The van der Waals surface area contributed by atoms with Crippen molar-refractivity contribution in [1.29, 1.82) is 0 Å². The highest BCUT2D eigenvalue weighted by molar-refractivity contribution is 7.12. The van der Waals surface area contributed by atoms with Crippen molar-refractivity contribution < 1.29 is 37.0 Å². The molecule has 35 heavy (non-hydrogen) atoms. The number of ether oxygens (including phenoxy) is 2. The van der Waals surface area contributed by atoms with Gasteiger partial charge in [-0.15, -0.1) is 11.3 Å². The van der Waals surface area contributed by atoms with Gasteiger partial charge in [0.1, 0.15) is 4.88 Å². The predicted molar refractivity (Wildman–Crippen MR) is 123 cm³/mol. The first-order chi connectivity index (χ1) is 16.6. The molecule has 1 aromatic heterocycles. The summed E-state index contributed by atoms with van der Waals surface area (Å²) in [4.78, 5) is 36.5. The van der Waals surface area contributed by atoms with E-state index in [9.17, 15) is 27.6 Å². The van der Waals surface area contributed by atoms with Gasteiger partial charge in [-0.05, 0) is 53.4 Å². The minimum Gasteiger partial charge on any atom is -0.493 e. The van der Waals surface area contributed by atoms with Crippen molar-refractivity contribution in [1.82, 2.24) is 5.43 Å². The summed E-state index contributed by atoms with van der Waals surface area (Å²) < 4.78 is 49.0. The van der Waals surface area contributed by atoms with Crippen molar-refractivity contribution in [2.24, 2.45) is 5.10 Å². The molecule has 182 valence electrons. The molecule has 0 radical (unpaired) electrons. The first kappa shape index (κ1) is 25.7. The van der Waals surface area contributed by atoms with Crippen molar-refractivity contribution in [2.45, 2.75) is 6.18 Å². The third-order valence-corrected chi connectivity index (χ3v) is 5.42. The van der Waals surface area contributed by atoms with Gasteiger partial charge in [0, 0.05) is 0 Å². The Morgan fingerprint density at radius 2 is 1.83 bits per heavy atom. The lowest BCUT2D eigenvalue weighted by Gasteiger charge is -2.11. The van der Waals surface area contributed by atoms with E-state index >= 15 is 0 Å². The van der Waals surface area contributed by atoms with Crippen molar-refractivity contribution in [2.75, 3.05) is 12.4 Å². The van der Waals surface area contributed by atoms with Crippen LogP contribution in [0.1, 0.15) is 20.8 Å². The highest BCUT2D eigenvalue weighted by Gasteiger charge is 2.31. The normalized spacial score (nSPS) is 11.2. The molecule has 0 aliphatic carbocycles. The Bertz CT molecular complexity index is 1280. The molecule has 0 atom stereocenters. The van der Waals surface area contributed by atoms with Crippen LogP contribution in [0.4, 0.5) is 18.9 Å². The minimum absolute atomic E-state index is 0.157. The molecule has 8 nitrogen and oxygen atoms in total. The Morgan fingerprint density at radius 3 is 2.49 bits per heavy atom. The van der Waals surface area contributed by atoms with E-state index in [1.54, 1.807) is 17.5 Å². The number of hydrogen-bond donors (Lipinski definition) is 2. The molecule has 0 saturated carbocycles. The van der Waals surface area contributed by atoms with Crippen LogP contribution in [-0.4, -0.2) is 31.1 Å². The molecule has 0 unspecified atom stereocenters. The largest absolute Gasteiger partial charge is 0.493 e. The van der Waals surface area contributed by atoms with Crippen molar-refractivity contribution >= 4 is 52.6 Å². The van der Waals surface area contributed by atoms with Crippen LogP contribution in [0.2, 0.25) is 5.02 Å². The Hall–Kier alpha value is -3.90. The van der Waals surface area contributed by atoms with Gasteiger partial charge >= 0.3 is 24.0 Å². The van der Waals surface area contributed by atoms with Gasteiger partial charge in [0.15, 0.2) is 11.5 Å². The summed E-state index contributed by atoms with van der Waals surface area (Å²) in [5, 5.41) is 7.18. The van der Waals surface area contributed by atoms with Crippen LogP contribution in [0.5, 0.6) is 11.5 Å². The van der Waals surface area contributed by atoms with Crippen molar-refractivity contribution in [3.8, 4) is 11.5 Å². The van der Waals surface area contributed by atoms with E-state index in [4.69, 9.17) is 21.1 Å². The average molecular weight is 526 g/mol. The number of amides is 2. The number of hydrogen-bond acceptors (Lipinski definition) is 7. The lowest BCUT2D eigenvalue weighted by molar-refractivity contribution is -0.137. The number of anilines is 1. The molecule has 3 aromatic rings. The second-order valence-electron chi connectivity index (χ2n) is 6.62. The number of hydrazone groups is 1. The fourth-order valence-electron chi connectivity index (χ4n) is 2.59. The minimum atomic E-state index is -4.66. The zero-order chi connectivity index (χ0) is 25.6. The number of nitrogens with zero attached hydrogens (tertiary/aromatic N) is 1. The van der Waals surface area contributed by atoms with Gasteiger partial charge in [-0.3, -0.25) is 9.59 Å². The number of carbonyl (C=O) groups is 3. The number of carbonyl (C=O) groups excluding carboxylic acids is 3. The van der Waals surface area contributed by atoms with Gasteiger partial charge in [-0.1, -0.05) is 17.7 Å². The number of benzene rings is 2. The van der Waals surface area contributed by atoms with Crippen LogP contribution in [-0.2, 0) is 15.8 Å². The van der Waals surface area contributed by atoms with E-state index < -0.39 is 29.5 Å². The highest BCUT2D eigenvalue weighted by Crippen LogP contribution is 2.34. The van der Waals surface area contributed by atoms with Crippen LogP contribution in [0.25, 0.3) is 0 Å². The molecule has 2 amide bonds. The second kappa shape index (κ2) is 11.0. The summed E-state index contributed by atoms with van der Waals surface area (Å²) in [7, 11) is 1.36. The SMILES string of the molecule is COc1cc(/C=N/NC(=O)C(=O)Nc2cc(C(F)(F)F)ccc2Cl)ccc1OC(=O)c1cccs1. The zero-order valence-corrected chi connectivity index (χ0v) is 19.3. The lowest BCUT2D eigenvalue weighted by Crippen LogP contribution is -2.32. The van der Waals surface area contributed by atoms with Crippen LogP contribution >= 0.6 is 22.9 Å². The third-order valence-electron chi connectivity index (χ3n) is 4.24. The van der Waals surface area contributed by atoms with E-state index in [0.717, 1.165) is 12.1 Å². The number of esters is 1. The number of rotatable bonds is 6. The van der Waals surface area contributed by atoms with Gasteiger partial charge in [0.05, 0.1) is 29.6 Å². The van der Waals surface area contributed by atoms with Gasteiger partial charge in [0.2, 0.25) is 0 Å². The van der Waals surface area contributed by atoms with E-state index in [1.807, 2.05) is 10.7 Å². The molecular weight excluding hydrogens is 511 g/mol. The maximum absolute atomic E-state index is 12.8. The van der Waals surface area contributed by atoms with E-state index in [2.05, 4.69) is 5.10 Å². The van der Waals surface area contributed by atoms with Gasteiger partial charge in [-0.25, -0.2) is 10.2 Å². The first-order valence-electron chi connectivity index (χ1n) is 9.53. The van der Waals surface area contributed by atoms with Gasteiger partial charge < -0.3 is 14.8 Å². The van der Waals surface area contributed by atoms with Gasteiger partial charge in [-0.2, -0.15) is 18.3 Å². The fourth-order valence-corrected chi connectivity index (χ4v) is 3.35. The molecule has 0 bridgehead atoms. The summed E-state index contributed by atoms with van der Waals surface area (Å²) in [6.45, 7) is 0. The Kier molecular flexibility index (Phi) is 8.10. The number of halogens is 4. The third kappa shape index (κ3) is 6.80. The number of nitrogens with one attached hydrogen (secondary N) is 2. The number of methoxy groups -OCH3 is 1. The fraction of sp³-hybridized carbons (Fsp3) is 0.0909. The molecule has 3 rings (SSSR count). The molecule has 0 aliphatic rings. The summed E-state index contributed by atoms with van der Waals surface area (Å²) in [5.41, 5.74) is 0.930. The molecule has 1 heterocycles. The average Bonchev–Trinajstić information content (AvgIpc) is 3.35. The summed E-state index contributed by atoms with van der Waals surface area (Å²) in [5.74, 6) is -2.72.